The number of aromatic nitrogens is 7. The third-order valence-electron chi connectivity index (χ3n) is 5.96. The van der Waals surface area contributed by atoms with Crippen LogP contribution >= 0.6 is 0 Å². The van der Waals surface area contributed by atoms with Gasteiger partial charge in [-0.05, 0) is 26.3 Å². The normalized spacial score (nSPS) is 19.0. The van der Waals surface area contributed by atoms with Crippen molar-refractivity contribution in [2.24, 2.45) is 0 Å². The van der Waals surface area contributed by atoms with E-state index >= 15 is 0 Å². The van der Waals surface area contributed by atoms with Crippen LogP contribution in [-0.2, 0) is 16.0 Å². The number of ether oxygens (including phenoxy) is 2. The SMILES string of the molecule is CCC(CC(F)(F)F)n1cc(-c2nc(-c3cnn(C[C@@H]4COC(C)(C)O4)c3)cn3nccc23)cn1. The second-order valence-electron chi connectivity index (χ2n) is 9.13. The van der Waals surface area contributed by atoms with E-state index in [4.69, 9.17) is 14.5 Å². The molecule has 1 unspecified atom stereocenters. The maximum Gasteiger partial charge on any atom is 0.391 e. The summed E-state index contributed by atoms with van der Waals surface area (Å²) in [6.45, 7) is 6.49. The van der Waals surface area contributed by atoms with E-state index in [0.29, 0.717) is 36.5 Å². The van der Waals surface area contributed by atoms with Gasteiger partial charge in [0.05, 0.1) is 67.3 Å². The second kappa shape index (κ2) is 8.76. The lowest BCUT2D eigenvalue weighted by atomic mass is 10.1. The highest BCUT2D eigenvalue weighted by atomic mass is 19.4. The Morgan fingerprint density at radius 2 is 1.91 bits per heavy atom. The van der Waals surface area contributed by atoms with E-state index in [-0.39, 0.29) is 6.10 Å². The van der Waals surface area contributed by atoms with Crippen molar-refractivity contribution < 1.29 is 22.6 Å². The average molecular weight is 490 g/mol. The van der Waals surface area contributed by atoms with Gasteiger partial charge in [0.15, 0.2) is 5.79 Å². The van der Waals surface area contributed by atoms with Crippen LogP contribution in [0, 0.1) is 0 Å². The van der Waals surface area contributed by atoms with Gasteiger partial charge in [-0.3, -0.25) is 9.36 Å². The number of nitrogens with zero attached hydrogens (tertiary/aromatic N) is 7. The Bertz CT molecular complexity index is 1320. The van der Waals surface area contributed by atoms with Crippen LogP contribution in [0.3, 0.4) is 0 Å². The quantitative estimate of drug-likeness (QED) is 0.380. The van der Waals surface area contributed by atoms with E-state index in [0.717, 1.165) is 11.1 Å². The summed E-state index contributed by atoms with van der Waals surface area (Å²) in [5, 5.41) is 13.0. The third kappa shape index (κ3) is 5.08. The molecule has 1 saturated heterocycles. The molecule has 5 heterocycles. The lowest BCUT2D eigenvalue weighted by Crippen LogP contribution is -2.24. The summed E-state index contributed by atoms with van der Waals surface area (Å²) in [5.41, 5.74) is 3.32. The van der Waals surface area contributed by atoms with Gasteiger partial charge in [-0.15, -0.1) is 0 Å². The molecule has 0 amide bonds. The minimum absolute atomic E-state index is 0.107. The molecule has 186 valence electrons. The molecule has 2 atom stereocenters. The van der Waals surface area contributed by atoms with Gasteiger partial charge in [-0.2, -0.15) is 28.5 Å². The van der Waals surface area contributed by atoms with Gasteiger partial charge in [0.25, 0.3) is 0 Å². The standard InChI is InChI=1S/C23H26F3N7O2/c1-4-17(7-23(24,25)26)32-11-16(9-29-32)21-20-5-6-27-33(20)13-19(30-21)15-8-28-31(10-15)12-18-14-34-22(2,3)35-18/h5-6,8-11,13,17-18H,4,7,12,14H2,1-3H3/t17?,18-/m1/s1. The molecule has 1 aliphatic rings. The highest BCUT2D eigenvalue weighted by molar-refractivity contribution is 5.78. The summed E-state index contributed by atoms with van der Waals surface area (Å²) in [4.78, 5) is 4.81. The number of fused-ring (bicyclic) bond motifs is 1. The van der Waals surface area contributed by atoms with Crippen LogP contribution in [0.2, 0.25) is 0 Å². The Morgan fingerprint density at radius 3 is 2.63 bits per heavy atom. The van der Waals surface area contributed by atoms with Crippen molar-refractivity contribution in [1.82, 2.24) is 34.2 Å². The van der Waals surface area contributed by atoms with Gasteiger partial charge in [-0.25, -0.2) is 9.50 Å². The van der Waals surface area contributed by atoms with Crippen LogP contribution < -0.4 is 0 Å². The lowest BCUT2D eigenvalue weighted by molar-refractivity contribution is -0.143. The summed E-state index contributed by atoms with van der Waals surface area (Å²) < 4.78 is 55.3. The molecule has 0 N–H and O–H groups in total. The van der Waals surface area contributed by atoms with Gasteiger partial charge < -0.3 is 9.47 Å². The molecule has 12 heteroatoms. The summed E-state index contributed by atoms with van der Waals surface area (Å²) in [7, 11) is 0. The molecule has 0 radical (unpaired) electrons. The fourth-order valence-corrected chi connectivity index (χ4v) is 4.29. The monoisotopic (exact) mass is 489 g/mol. The van der Waals surface area contributed by atoms with Crippen molar-refractivity contribution in [3.05, 3.63) is 43.2 Å². The highest BCUT2D eigenvalue weighted by Gasteiger charge is 2.33. The zero-order valence-electron chi connectivity index (χ0n) is 19.6. The molecule has 0 aromatic carbocycles. The van der Waals surface area contributed by atoms with Gasteiger partial charge in [-0.1, -0.05) is 6.92 Å². The van der Waals surface area contributed by atoms with E-state index in [2.05, 4.69) is 15.3 Å². The van der Waals surface area contributed by atoms with E-state index < -0.39 is 24.4 Å². The first-order valence-corrected chi connectivity index (χ1v) is 11.4. The van der Waals surface area contributed by atoms with Crippen molar-refractivity contribution in [1.29, 1.82) is 0 Å². The topological polar surface area (TPSA) is 84.3 Å². The fraction of sp³-hybridized carbons (Fsp3) is 0.478. The predicted octanol–water partition coefficient (Wildman–Crippen LogP) is 4.51. The summed E-state index contributed by atoms with van der Waals surface area (Å²) >= 11 is 0. The Hall–Kier alpha value is -3.25. The van der Waals surface area contributed by atoms with E-state index in [9.17, 15) is 13.2 Å². The zero-order chi connectivity index (χ0) is 24.8. The first-order valence-electron chi connectivity index (χ1n) is 11.4. The smallest absolute Gasteiger partial charge is 0.348 e. The number of hydrogen-bond acceptors (Lipinski definition) is 6. The number of hydrogen-bond donors (Lipinski definition) is 0. The van der Waals surface area contributed by atoms with Crippen molar-refractivity contribution in [2.45, 2.75) is 64.3 Å². The van der Waals surface area contributed by atoms with E-state index in [1.165, 1.54) is 4.68 Å². The maximum absolute atomic E-state index is 13.0. The largest absolute Gasteiger partial charge is 0.391 e. The Balaban J connectivity index is 1.44. The molecule has 1 fully saturated rings. The first-order chi connectivity index (χ1) is 16.6. The summed E-state index contributed by atoms with van der Waals surface area (Å²) in [6.07, 6.45) is 5.17. The van der Waals surface area contributed by atoms with Crippen molar-refractivity contribution in [2.75, 3.05) is 6.61 Å². The Morgan fingerprint density at radius 1 is 1.11 bits per heavy atom. The molecule has 0 spiro atoms. The molecular weight excluding hydrogens is 463 g/mol. The van der Waals surface area contributed by atoms with Gasteiger partial charge >= 0.3 is 6.18 Å². The van der Waals surface area contributed by atoms with E-state index in [1.807, 2.05) is 20.0 Å². The van der Waals surface area contributed by atoms with Crippen molar-refractivity contribution in [3.8, 4) is 22.5 Å². The molecule has 0 saturated carbocycles. The fourth-order valence-electron chi connectivity index (χ4n) is 4.29. The highest BCUT2D eigenvalue weighted by Crippen LogP contribution is 2.32. The van der Waals surface area contributed by atoms with Crippen LogP contribution in [0.4, 0.5) is 13.2 Å². The Kier molecular flexibility index (Phi) is 5.88. The van der Waals surface area contributed by atoms with Gasteiger partial charge in [0, 0.05) is 23.5 Å². The van der Waals surface area contributed by atoms with Crippen LogP contribution in [0.1, 0.15) is 39.7 Å². The molecule has 9 nitrogen and oxygen atoms in total. The van der Waals surface area contributed by atoms with Gasteiger partial charge in [0.2, 0.25) is 0 Å². The molecule has 0 bridgehead atoms. The molecule has 35 heavy (non-hydrogen) atoms. The van der Waals surface area contributed by atoms with Crippen LogP contribution in [0.5, 0.6) is 0 Å². The summed E-state index contributed by atoms with van der Waals surface area (Å²) in [5.74, 6) is -0.608. The van der Waals surface area contributed by atoms with Crippen LogP contribution in [0.25, 0.3) is 28.0 Å². The molecule has 4 aromatic rings. The number of halogens is 3. The zero-order valence-corrected chi connectivity index (χ0v) is 19.6. The summed E-state index contributed by atoms with van der Waals surface area (Å²) in [6, 6.07) is 1.02. The molecule has 0 aliphatic carbocycles. The average Bonchev–Trinajstić information content (AvgIpc) is 3.57. The minimum Gasteiger partial charge on any atom is -0.348 e. The third-order valence-corrected chi connectivity index (χ3v) is 5.96. The molecule has 5 rings (SSSR count). The molecule has 1 aliphatic heterocycles. The van der Waals surface area contributed by atoms with Crippen molar-refractivity contribution in [3.63, 3.8) is 0 Å². The van der Waals surface area contributed by atoms with E-state index in [1.54, 1.807) is 53.2 Å². The van der Waals surface area contributed by atoms with Crippen LogP contribution in [-0.4, -0.2) is 58.8 Å². The minimum atomic E-state index is -4.27. The van der Waals surface area contributed by atoms with Gasteiger partial charge in [0.1, 0.15) is 6.10 Å². The first kappa shape index (κ1) is 23.5. The second-order valence-corrected chi connectivity index (χ2v) is 9.13. The number of rotatable bonds is 7. The molecule has 4 aromatic heterocycles. The lowest BCUT2D eigenvalue weighted by Gasteiger charge is -2.17. The predicted molar refractivity (Wildman–Crippen MR) is 120 cm³/mol. The van der Waals surface area contributed by atoms with Crippen LogP contribution in [0.15, 0.2) is 43.2 Å². The molecular formula is C23H26F3N7O2. The maximum atomic E-state index is 13.0. The Labute approximate surface area is 199 Å². The number of alkyl halides is 3. The van der Waals surface area contributed by atoms with Crippen molar-refractivity contribution >= 4 is 5.52 Å².